The van der Waals surface area contributed by atoms with E-state index in [-0.39, 0.29) is 12.4 Å². The number of ether oxygens (including phenoxy) is 1. The normalized spacial score (nSPS) is 18.3. The highest BCUT2D eigenvalue weighted by Gasteiger charge is 2.29. The van der Waals surface area contributed by atoms with Crippen LogP contribution in [0.25, 0.3) is 0 Å². The number of benzene rings is 3. The van der Waals surface area contributed by atoms with Crippen LogP contribution in [0.3, 0.4) is 0 Å². The molecule has 0 fully saturated rings. The third-order valence-electron chi connectivity index (χ3n) is 5.35. The number of rotatable bonds is 5. The molecule has 0 spiro atoms. The van der Waals surface area contributed by atoms with Crippen molar-refractivity contribution < 1.29 is 4.74 Å². The van der Waals surface area contributed by atoms with E-state index in [0.717, 1.165) is 18.6 Å². The summed E-state index contributed by atoms with van der Waals surface area (Å²) < 4.78 is 6.04. The molecule has 1 aliphatic rings. The molecule has 2 atom stereocenters. The van der Waals surface area contributed by atoms with Crippen LogP contribution in [0.2, 0.25) is 0 Å². The van der Waals surface area contributed by atoms with E-state index in [1.807, 2.05) is 18.2 Å². The first kappa shape index (κ1) is 19.5. The van der Waals surface area contributed by atoms with Crippen LogP contribution in [-0.2, 0) is 13.0 Å². The monoisotopic (exact) mass is 379 g/mol. The van der Waals surface area contributed by atoms with Gasteiger partial charge in [-0.3, -0.25) is 0 Å². The van der Waals surface area contributed by atoms with Gasteiger partial charge < -0.3 is 10.1 Å². The van der Waals surface area contributed by atoms with Crippen molar-refractivity contribution in [2.45, 2.75) is 31.4 Å². The van der Waals surface area contributed by atoms with Gasteiger partial charge in [0.2, 0.25) is 0 Å². The third-order valence-corrected chi connectivity index (χ3v) is 5.35. The first-order chi connectivity index (χ1) is 12.8. The highest BCUT2D eigenvalue weighted by atomic mass is 35.5. The Kier molecular flexibility index (Phi) is 6.54. The fourth-order valence-corrected chi connectivity index (χ4v) is 4.01. The molecule has 4 rings (SSSR count). The number of aryl methyl sites for hydroxylation is 1. The molecule has 1 aliphatic carbocycles. The Balaban J connectivity index is 0.00000210. The Morgan fingerprint density at radius 3 is 2.33 bits per heavy atom. The molecule has 0 radical (unpaired) electrons. The summed E-state index contributed by atoms with van der Waals surface area (Å²) >= 11 is 0. The number of fused-ring (bicyclic) bond motifs is 1. The van der Waals surface area contributed by atoms with Gasteiger partial charge in [-0.05, 0) is 54.3 Å². The summed E-state index contributed by atoms with van der Waals surface area (Å²) in [6.45, 7) is 0.612. The summed E-state index contributed by atoms with van der Waals surface area (Å²) in [7, 11) is 2.07. The zero-order valence-electron chi connectivity index (χ0n) is 15.6. The van der Waals surface area contributed by atoms with Crippen molar-refractivity contribution in [1.29, 1.82) is 0 Å². The van der Waals surface area contributed by atoms with Gasteiger partial charge in [-0.15, -0.1) is 12.4 Å². The Bertz CT molecular complexity index is 851. The zero-order valence-corrected chi connectivity index (χ0v) is 16.4. The molecule has 0 saturated carbocycles. The van der Waals surface area contributed by atoms with Gasteiger partial charge in [0.1, 0.15) is 12.4 Å². The van der Waals surface area contributed by atoms with E-state index >= 15 is 0 Å². The molecule has 27 heavy (non-hydrogen) atoms. The lowest BCUT2D eigenvalue weighted by Crippen LogP contribution is -2.36. The van der Waals surface area contributed by atoms with E-state index in [0.29, 0.717) is 18.6 Å². The van der Waals surface area contributed by atoms with Crippen molar-refractivity contribution in [2.75, 3.05) is 7.05 Å². The van der Waals surface area contributed by atoms with Crippen LogP contribution in [0.1, 0.15) is 34.6 Å². The molecule has 0 aromatic heterocycles. The summed E-state index contributed by atoms with van der Waals surface area (Å²) in [6.07, 6.45) is 2.23. The van der Waals surface area contributed by atoms with Crippen LogP contribution in [0.15, 0.2) is 78.9 Å². The highest BCUT2D eigenvalue weighted by molar-refractivity contribution is 5.85. The maximum Gasteiger partial charge on any atom is 0.120 e. The molecule has 0 unspecified atom stereocenters. The fraction of sp³-hybridized carbons (Fsp3) is 0.250. The molecule has 0 amide bonds. The van der Waals surface area contributed by atoms with Crippen LogP contribution in [0.5, 0.6) is 5.75 Å². The van der Waals surface area contributed by atoms with Gasteiger partial charge in [0, 0.05) is 12.0 Å². The minimum Gasteiger partial charge on any atom is -0.489 e. The predicted octanol–water partition coefficient (Wildman–Crippen LogP) is 5.35. The first-order valence-electron chi connectivity index (χ1n) is 9.37. The standard InChI is InChI=1S/C24H25NO.ClH/c1-25-23-15-12-20-16-21(26-17-18-8-4-2-5-9-18)13-14-22(20)24(23)19-10-6-3-7-11-19;/h2-11,13-14,16,23-25H,12,15,17H2,1H3;1H/t23-,24+;/m1./s1. The first-order valence-corrected chi connectivity index (χ1v) is 9.37. The van der Waals surface area contributed by atoms with Crippen molar-refractivity contribution >= 4 is 12.4 Å². The van der Waals surface area contributed by atoms with E-state index in [2.05, 4.69) is 73.0 Å². The summed E-state index contributed by atoms with van der Waals surface area (Å²) in [5.74, 6) is 1.36. The highest BCUT2D eigenvalue weighted by Crippen LogP contribution is 2.38. The lowest BCUT2D eigenvalue weighted by molar-refractivity contribution is 0.305. The van der Waals surface area contributed by atoms with E-state index in [4.69, 9.17) is 4.74 Å². The SMILES string of the molecule is CN[C@@H]1CCc2cc(OCc3ccccc3)ccc2[C@@H]1c1ccccc1.Cl. The zero-order chi connectivity index (χ0) is 17.8. The van der Waals surface area contributed by atoms with Crippen LogP contribution in [0, 0.1) is 0 Å². The predicted molar refractivity (Wildman–Crippen MR) is 114 cm³/mol. The number of hydrogen-bond donors (Lipinski definition) is 1. The number of hydrogen-bond acceptors (Lipinski definition) is 2. The summed E-state index contributed by atoms with van der Waals surface area (Å²) in [4.78, 5) is 0. The van der Waals surface area contributed by atoms with Crippen molar-refractivity contribution in [3.63, 3.8) is 0 Å². The summed E-state index contributed by atoms with van der Waals surface area (Å²) in [5.41, 5.74) is 5.41. The van der Waals surface area contributed by atoms with E-state index < -0.39 is 0 Å². The van der Waals surface area contributed by atoms with Crippen LogP contribution in [-0.4, -0.2) is 13.1 Å². The average Bonchev–Trinajstić information content (AvgIpc) is 2.72. The van der Waals surface area contributed by atoms with Crippen LogP contribution >= 0.6 is 12.4 Å². The number of nitrogens with one attached hydrogen (secondary N) is 1. The van der Waals surface area contributed by atoms with Crippen molar-refractivity contribution in [1.82, 2.24) is 5.32 Å². The lowest BCUT2D eigenvalue weighted by Gasteiger charge is -2.34. The lowest BCUT2D eigenvalue weighted by atomic mass is 9.75. The summed E-state index contributed by atoms with van der Waals surface area (Å²) in [6, 6.07) is 28.2. The number of halogens is 1. The van der Waals surface area contributed by atoms with E-state index in [1.165, 1.54) is 22.3 Å². The van der Waals surface area contributed by atoms with E-state index in [9.17, 15) is 0 Å². The molecule has 0 bridgehead atoms. The second-order valence-corrected chi connectivity index (χ2v) is 6.96. The molecule has 0 saturated heterocycles. The van der Waals surface area contributed by atoms with Gasteiger partial charge in [0.25, 0.3) is 0 Å². The molecule has 1 N–H and O–H groups in total. The van der Waals surface area contributed by atoms with Crippen molar-refractivity contribution in [2.24, 2.45) is 0 Å². The van der Waals surface area contributed by atoms with Gasteiger partial charge in [-0.2, -0.15) is 0 Å². The molecular formula is C24H26ClNO. The van der Waals surface area contributed by atoms with Gasteiger partial charge >= 0.3 is 0 Å². The Morgan fingerprint density at radius 2 is 1.63 bits per heavy atom. The quantitative estimate of drug-likeness (QED) is 0.644. The maximum atomic E-state index is 6.04. The van der Waals surface area contributed by atoms with Gasteiger partial charge in [0.05, 0.1) is 0 Å². The molecule has 2 nitrogen and oxygen atoms in total. The second-order valence-electron chi connectivity index (χ2n) is 6.96. The van der Waals surface area contributed by atoms with Gasteiger partial charge in [-0.25, -0.2) is 0 Å². The van der Waals surface area contributed by atoms with Crippen LogP contribution in [0.4, 0.5) is 0 Å². The molecule has 3 aromatic rings. The fourth-order valence-electron chi connectivity index (χ4n) is 4.01. The Hall–Kier alpha value is -2.29. The minimum absolute atomic E-state index is 0. The Labute approximate surface area is 168 Å². The topological polar surface area (TPSA) is 21.3 Å². The summed E-state index contributed by atoms with van der Waals surface area (Å²) in [5, 5.41) is 3.52. The van der Waals surface area contributed by atoms with Crippen molar-refractivity contribution in [3.8, 4) is 5.75 Å². The van der Waals surface area contributed by atoms with Crippen LogP contribution < -0.4 is 10.1 Å². The molecule has 3 aromatic carbocycles. The molecular weight excluding hydrogens is 354 g/mol. The largest absolute Gasteiger partial charge is 0.489 e. The van der Waals surface area contributed by atoms with E-state index in [1.54, 1.807) is 0 Å². The number of likely N-dealkylation sites (N-methyl/N-ethyl adjacent to an activating group) is 1. The Morgan fingerprint density at radius 1 is 0.926 bits per heavy atom. The second kappa shape index (κ2) is 9.07. The average molecular weight is 380 g/mol. The van der Waals surface area contributed by atoms with Crippen molar-refractivity contribution in [3.05, 3.63) is 101 Å². The van der Waals surface area contributed by atoms with Gasteiger partial charge in [-0.1, -0.05) is 66.7 Å². The molecule has 140 valence electrons. The maximum absolute atomic E-state index is 6.04. The minimum atomic E-state index is 0. The third kappa shape index (κ3) is 4.35. The van der Waals surface area contributed by atoms with Gasteiger partial charge in [0.15, 0.2) is 0 Å². The molecule has 0 aliphatic heterocycles. The molecule has 3 heteroatoms. The smallest absolute Gasteiger partial charge is 0.120 e. The molecule has 0 heterocycles.